The third kappa shape index (κ3) is 12.5. The fraction of sp³-hybridized carbons (Fsp3) is 0.870. The van der Waals surface area contributed by atoms with Gasteiger partial charge in [-0.05, 0) is 12.3 Å². The number of ether oxygens (including phenoxy) is 4. The number of nitrogens with zero attached hydrogens (tertiary/aromatic N) is 1. The topological polar surface area (TPSA) is 103 Å². The van der Waals surface area contributed by atoms with Crippen LogP contribution in [0.25, 0.3) is 0 Å². The van der Waals surface area contributed by atoms with Crippen LogP contribution in [0.15, 0.2) is 0 Å². The summed E-state index contributed by atoms with van der Waals surface area (Å²) < 4.78 is 21.6. The first-order chi connectivity index (χ1) is 15.2. The molecule has 186 valence electrons. The maximum absolute atomic E-state index is 12.7. The van der Waals surface area contributed by atoms with Gasteiger partial charge in [0.2, 0.25) is 5.91 Å². The summed E-state index contributed by atoms with van der Waals surface area (Å²) in [4.78, 5) is 38.1. The van der Waals surface area contributed by atoms with Gasteiger partial charge in [-0.25, -0.2) is 0 Å². The van der Waals surface area contributed by atoms with Gasteiger partial charge in [0.05, 0.1) is 45.6 Å². The zero-order valence-corrected chi connectivity index (χ0v) is 20.4. The van der Waals surface area contributed by atoms with E-state index in [1.54, 1.807) is 0 Å². The summed E-state index contributed by atoms with van der Waals surface area (Å²) in [7, 11) is 0. The van der Waals surface area contributed by atoms with Crippen molar-refractivity contribution in [1.29, 1.82) is 0 Å². The van der Waals surface area contributed by atoms with Crippen molar-refractivity contribution in [3.8, 4) is 0 Å². The summed E-state index contributed by atoms with van der Waals surface area (Å²) >= 11 is 0. The Morgan fingerprint density at radius 2 is 1.59 bits per heavy atom. The van der Waals surface area contributed by atoms with Gasteiger partial charge < -0.3 is 29.2 Å². The zero-order chi connectivity index (χ0) is 23.9. The van der Waals surface area contributed by atoms with Crippen molar-refractivity contribution in [3.05, 3.63) is 0 Å². The average Bonchev–Trinajstić information content (AvgIpc) is 3.13. The molecule has 0 aromatic heterocycles. The number of hydrogen-bond donors (Lipinski definition) is 1. The van der Waals surface area contributed by atoms with Gasteiger partial charge in [0.15, 0.2) is 5.78 Å². The number of rotatable bonds is 17. The van der Waals surface area contributed by atoms with E-state index >= 15 is 0 Å². The average molecular weight is 459 g/mol. The predicted molar refractivity (Wildman–Crippen MR) is 120 cm³/mol. The van der Waals surface area contributed by atoms with Crippen molar-refractivity contribution in [2.45, 2.75) is 72.1 Å². The lowest BCUT2D eigenvalue weighted by Crippen LogP contribution is -2.42. The lowest BCUT2D eigenvalue weighted by atomic mass is 10.00. The Kier molecular flexibility index (Phi) is 14.4. The van der Waals surface area contributed by atoms with E-state index in [2.05, 4.69) is 33.0 Å². The van der Waals surface area contributed by atoms with Gasteiger partial charge in [0.1, 0.15) is 12.7 Å². The Bertz CT molecular complexity index is 569. The summed E-state index contributed by atoms with van der Waals surface area (Å²) in [5, 5.41) is 3.26. The normalized spacial score (nSPS) is 18.5. The predicted octanol–water partition coefficient (Wildman–Crippen LogP) is 1.57. The van der Waals surface area contributed by atoms with Crippen LogP contribution in [0.4, 0.5) is 0 Å². The number of Topliss-reactive ketones (excluding diaryl/α,β-unsaturated/α-hetero) is 1. The van der Waals surface area contributed by atoms with Gasteiger partial charge in [-0.1, -0.05) is 27.7 Å². The van der Waals surface area contributed by atoms with Crippen LogP contribution in [0, 0.1) is 5.92 Å². The Hall–Kier alpha value is -1.55. The van der Waals surface area contributed by atoms with Crippen molar-refractivity contribution >= 4 is 17.7 Å². The number of esters is 1. The second-order valence-corrected chi connectivity index (χ2v) is 8.81. The molecule has 0 aromatic rings. The highest BCUT2D eigenvalue weighted by atomic mass is 16.5. The van der Waals surface area contributed by atoms with E-state index in [4.69, 9.17) is 18.9 Å². The molecule has 0 bridgehead atoms. The summed E-state index contributed by atoms with van der Waals surface area (Å²) in [5.41, 5.74) is 0. The van der Waals surface area contributed by atoms with E-state index in [-0.39, 0.29) is 31.4 Å². The molecule has 9 heteroatoms. The number of hydrogen-bond acceptors (Lipinski definition) is 8. The lowest BCUT2D eigenvalue weighted by Gasteiger charge is -2.23. The monoisotopic (exact) mass is 458 g/mol. The van der Waals surface area contributed by atoms with Crippen molar-refractivity contribution < 1.29 is 33.3 Å². The van der Waals surface area contributed by atoms with Crippen LogP contribution in [0.3, 0.4) is 0 Å². The Balaban J connectivity index is 2.29. The molecule has 0 radical (unpaired) electrons. The Morgan fingerprint density at radius 3 is 2.19 bits per heavy atom. The standard InChI is InChI=1S/C23H42N2O7/c1-17(2)6-7-22(27)21-14-20(32-19(5)26)15-25(21)23(28)16-31-13-12-30-11-10-29-9-8-24-18(3)4/h17-18,20-21,24H,6-16H2,1-5H3. The third-order valence-corrected chi connectivity index (χ3v) is 5.02. The van der Waals surface area contributed by atoms with Gasteiger partial charge in [-0.15, -0.1) is 0 Å². The van der Waals surface area contributed by atoms with E-state index in [1.807, 2.05) is 0 Å². The van der Waals surface area contributed by atoms with Crippen LogP contribution < -0.4 is 5.32 Å². The molecule has 1 aliphatic rings. The molecule has 1 saturated heterocycles. The number of amides is 1. The first kappa shape index (κ1) is 28.5. The summed E-state index contributed by atoms with van der Waals surface area (Å²) in [6.45, 7) is 12.7. The zero-order valence-electron chi connectivity index (χ0n) is 20.4. The van der Waals surface area contributed by atoms with E-state index in [1.165, 1.54) is 11.8 Å². The molecule has 1 aliphatic heterocycles. The first-order valence-corrected chi connectivity index (χ1v) is 11.7. The number of nitrogens with one attached hydrogen (secondary N) is 1. The Morgan fingerprint density at radius 1 is 0.969 bits per heavy atom. The van der Waals surface area contributed by atoms with E-state index in [9.17, 15) is 14.4 Å². The highest BCUT2D eigenvalue weighted by Gasteiger charge is 2.40. The SMILES string of the molecule is CC(=O)OC1CC(C(=O)CCC(C)C)N(C(=O)COCCOCCOCCNC(C)C)C1. The minimum Gasteiger partial charge on any atom is -0.461 e. The maximum atomic E-state index is 12.7. The first-order valence-electron chi connectivity index (χ1n) is 11.7. The summed E-state index contributed by atoms with van der Waals surface area (Å²) in [6.07, 6.45) is 1.06. The number of carbonyl (C=O) groups excluding carboxylic acids is 3. The van der Waals surface area contributed by atoms with E-state index < -0.39 is 18.1 Å². The lowest BCUT2D eigenvalue weighted by molar-refractivity contribution is -0.147. The fourth-order valence-corrected chi connectivity index (χ4v) is 3.40. The molecule has 1 heterocycles. The van der Waals surface area contributed by atoms with Crippen LogP contribution in [-0.4, -0.2) is 93.5 Å². The molecule has 0 spiro atoms. The van der Waals surface area contributed by atoms with Gasteiger partial charge in [0, 0.05) is 32.4 Å². The molecular formula is C23H42N2O7. The number of carbonyl (C=O) groups is 3. The van der Waals surface area contributed by atoms with Crippen molar-refractivity contribution in [3.63, 3.8) is 0 Å². The highest BCUT2D eigenvalue weighted by molar-refractivity contribution is 5.90. The maximum Gasteiger partial charge on any atom is 0.302 e. The fourth-order valence-electron chi connectivity index (χ4n) is 3.40. The van der Waals surface area contributed by atoms with Crippen molar-refractivity contribution in [2.75, 3.05) is 52.7 Å². The van der Waals surface area contributed by atoms with E-state index in [0.717, 1.165) is 13.0 Å². The molecule has 1 amide bonds. The molecule has 0 aliphatic carbocycles. The molecular weight excluding hydrogens is 416 g/mol. The molecule has 0 saturated carbocycles. The number of likely N-dealkylation sites (tertiary alicyclic amines) is 1. The van der Waals surface area contributed by atoms with Gasteiger partial charge >= 0.3 is 5.97 Å². The minimum atomic E-state index is -0.562. The second kappa shape index (κ2) is 16.1. The molecule has 2 unspecified atom stereocenters. The third-order valence-electron chi connectivity index (χ3n) is 5.02. The minimum absolute atomic E-state index is 0.00799. The van der Waals surface area contributed by atoms with Crippen LogP contribution in [0.2, 0.25) is 0 Å². The van der Waals surface area contributed by atoms with Crippen LogP contribution in [0.1, 0.15) is 53.9 Å². The molecule has 1 rings (SSSR count). The molecule has 1 fully saturated rings. The van der Waals surface area contributed by atoms with Gasteiger partial charge in [0.25, 0.3) is 0 Å². The quantitative estimate of drug-likeness (QED) is 0.259. The smallest absolute Gasteiger partial charge is 0.302 e. The molecule has 32 heavy (non-hydrogen) atoms. The molecule has 2 atom stereocenters. The summed E-state index contributed by atoms with van der Waals surface area (Å²) in [5.74, 6) is -0.275. The number of ketones is 1. The van der Waals surface area contributed by atoms with Gasteiger partial charge in [-0.3, -0.25) is 14.4 Å². The highest BCUT2D eigenvalue weighted by Crippen LogP contribution is 2.24. The Labute approximate surface area is 192 Å². The van der Waals surface area contributed by atoms with Crippen molar-refractivity contribution in [1.82, 2.24) is 10.2 Å². The van der Waals surface area contributed by atoms with Gasteiger partial charge in [-0.2, -0.15) is 0 Å². The summed E-state index contributed by atoms with van der Waals surface area (Å²) in [6, 6.07) is -0.121. The molecule has 9 nitrogen and oxygen atoms in total. The van der Waals surface area contributed by atoms with Crippen LogP contribution >= 0.6 is 0 Å². The van der Waals surface area contributed by atoms with E-state index in [0.29, 0.717) is 51.2 Å². The van der Waals surface area contributed by atoms with Crippen molar-refractivity contribution in [2.24, 2.45) is 5.92 Å². The van der Waals surface area contributed by atoms with Crippen LogP contribution in [0.5, 0.6) is 0 Å². The molecule has 0 aromatic carbocycles. The molecule has 1 N–H and O–H groups in total. The largest absolute Gasteiger partial charge is 0.461 e. The second-order valence-electron chi connectivity index (χ2n) is 8.81. The van der Waals surface area contributed by atoms with Crippen LogP contribution in [-0.2, 0) is 33.3 Å².